The summed E-state index contributed by atoms with van der Waals surface area (Å²) in [5, 5.41) is 5.78. The van der Waals surface area contributed by atoms with E-state index in [-0.39, 0.29) is 19.0 Å². The zero-order valence-corrected chi connectivity index (χ0v) is 12.7. The van der Waals surface area contributed by atoms with Crippen molar-refractivity contribution in [3.8, 4) is 16.4 Å². The third kappa shape index (κ3) is 4.17. The van der Waals surface area contributed by atoms with Crippen LogP contribution < -0.4 is 4.74 Å². The first kappa shape index (κ1) is 15.2. The zero-order valence-electron chi connectivity index (χ0n) is 11.9. The van der Waals surface area contributed by atoms with E-state index in [2.05, 4.69) is 5.16 Å². The number of rotatable bonds is 6. The molecule has 3 rings (SSSR count). The number of carbonyl (C=O) groups excluding carboxylic acids is 1. The first-order chi connectivity index (χ1) is 11.2. The predicted molar refractivity (Wildman–Crippen MR) is 81.5 cm³/mol. The Kier molecular flexibility index (Phi) is 4.68. The lowest BCUT2D eigenvalue weighted by atomic mass is 10.3. The second-order valence-electron chi connectivity index (χ2n) is 4.56. The lowest BCUT2D eigenvalue weighted by Gasteiger charge is -2.05. The number of benzene rings is 1. The van der Waals surface area contributed by atoms with E-state index in [0.29, 0.717) is 17.2 Å². The van der Waals surface area contributed by atoms with E-state index in [4.69, 9.17) is 14.0 Å². The van der Waals surface area contributed by atoms with Crippen molar-refractivity contribution in [1.82, 2.24) is 5.16 Å². The molecule has 23 heavy (non-hydrogen) atoms. The van der Waals surface area contributed by atoms with E-state index >= 15 is 0 Å². The normalized spacial score (nSPS) is 10.5. The van der Waals surface area contributed by atoms with Crippen molar-refractivity contribution < 1.29 is 23.2 Å². The van der Waals surface area contributed by atoms with Crippen LogP contribution in [0.3, 0.4) is 0 Å². The van der Waals surface area contributed by atoms with Gasteiger partial charge in [-0.1, -0.05) is 11.2 Å². The van der Waals surface area contributed by atoms with Crippen LogP contribution in [0.25, 0.3) is 10.6 Å². The van der Waals surface area contributed by atoms with Crippen molar-refractivity contribution in [1.29, 1.82) is 0 Å². The third-order valence-electron chi connectivity index (χ3n) is 2.87. The Morgan fingerprint density at radius 1 is 1.26 bits per heavy atom. The standard InChI is InChI=1S/C16H12FNO4S/c17-11-3-5-13(6-4-11)20-10-16(19)21-9-12-8-14(22-18-12)15-2-1-7-23-15/h1-8H,9-10H2. The molecule has 2 aromatic heterocycles. The minimum atomic E-state index is -0.546. The first-order valence-electron chi connectivity index (χ1n) is 6.74. The summed E-state index contributed by atoms with van der Waals surface area (Å²) in [6.07, 6.45) is 0. The molecule has 5 nitrogen and oxygen atoms in total. The van der Waals surface area contributed by atoms with Crippen LogP contribution in [-0.4, -0.2) is 17.7 Å². The van der Waals surface area contributed by atoms with Crippen LogP contribution in [0.15, 0.2) is 52.4 Å². The second kappa shape index (κ2) is 7.06. The van der Waals surface area contributed by atoms with Gasteiger partial charge in [0.25, 0.3) is 0 Å². The molecular formula is C16H12FNO4S. The van der Waals surface area contributed by atoms with Crippen molar-refractivity contribution in [2.24, 2.45) is 0 Å². The van der Waals surface area contributed by atoms with Gasteiger partial charge in [-0.3, -0.25) is 0 Å². The molecule has 2 heterocycles. The molecule has 0 saturated carbocycles. The fourth-order valence-corrected chi connectivity index (χ4v) is 2.46. The molecule has 0 N–H and O–H groups in total. The molecule has 0 spiro atoms. The van der Waals surface area contributed by atoms with Crippen LogP contribution in [0.5, 0.6) is 5.75 Å². The minimum Gasteiger partial charge on any atom is -0.482 e. The Bertz CT molecular complexity index is 768. The molecule has 0 radical (unpaired) electrons. The molecule has 1 aromatic carbocycles. The van der Waals surface area contributed by atoms with Gasteiger partial charge >= 0.3 is 5.97 Å². The molecule has 0 saturated heterocycles. The van der Waals surface area contributed by atoms with E-state index in [1.54, 1.807) is 6.07 Å². The lowest BCUT2D eigenvalue weighted by molar-refractivity contribution is -0.147. The molecule has 0 aliphatic rings. The fourth-order valence-electron chi connectivity index (χ4n) is 1.78. The van der Waals surface area contributed by atoms with Crippen LogP contribution in [0.1, 0.15) is 5.69 Å². The maximum atomic E-state index is 12.7. The van der Waals surface area contributed by atoms with Gasteiger partial charge in [-0.25, -0.2) is 9.18 Å². The highest BCUT2D eigenvalue weighted by molar-refractivity contribution is 7.13. The van der Waals surface area contributed by atoms with Gasteiger partial charge in [0.05, 0.1) is 4.88 Å². The van der Waals surface area contributed by atoms with Crippen molar-refractivity contribution in [3.05, 3.63) is 59.4 Å². The summed E-state index contributed by atoms with van der Waals surface area (Å²) in [5.41, 5.74) is 0.517. The smallest absolute Gasteiger partial charge is 0.344 e. The lowest BCUT2D eigenvalue weighted by Crippen LogP contribution is -2.14. The number of halogens is 1. The number of thiophene rings is 1. The van der Waals surface area contributed by atoms with Crippen LogP contribution in [0, 0.1) is 5.82 Å². The molecular weight excluding hydrogens is 321 g/mol. The SMILES string of the molecule is O=C(COc1ccc(F)cc1)OCc1cc(-c2cccs2)on1. The highest BCUT2D eigenvalue weighted by Gasteiger charge is 2.10. The molecule has 118 valence electrons. The Labute approximate surface area is 135 Å². The molecule has 7 heteroatoms. The summed E-state index contributed by atoms with van der Waals surface area (Å²) in [5.74, 6) is 0.112. The van der Waals surface area contributed by atoms with Crippen LogP contribution in [0.2, 0.25) is 0 Å². The van der Waals surface area contributed by atoms with Gasteiger partial charge in [0.1, 0.15) is 23.9 Å². The van der Waals surface area contributed by atoms with Crippen molar-refractivity contribution in [2.45, 2.75) is 6.61 Å². The van der Waals surface area contributed by atoms with E-state index in [9.17, 15) is 9.18 Å². The number of hydrogen-bond acceptors (Lipinski definition) is 6. The molecule has 0 unspecified atom stereocenters. The zero-order chi connectivity index (χ0) is 16.1. The summed E-state index contributed by atoms with van der Waals surface area (Å²) in [7, 11) is 0. The molecule has 0 bridgehead atoms. The highest BCUT2D eigenvalue weighted by atomic mass is 32.1. The van der Waals surface area contributed by atoms with Gasteiger partial charge in [-0.15, -0.1) is 11.3 Å². The first-order valence-corrected chi connectivity index (χ1v) is 7.62. The number of esters is 1. The third-order valence-corrected chi connectivity index (χ3v) is 3.76. The molecule has 0 aliphatic carbocycles. The highest BCUT2D eigenvalue weighted by Crippen LogP contribution is 2.25. The monoisotopic (exact) mass is 333 g/mol. The Balaban J connectivity index is 1.46. The number of nitrogens with zero attached hydrogens (tertiary/aromatic N) is 1. The Hall–Kier alpha value is -2.67. The summed E-state index contributed by atoms with van der Waals surface area (Å²) in [4.78, 5) is 12.6. The van der Waals surface area contributed by atoms with Gasteiger partial charge in [-0.05, 0) is 35.7 Å². The maximum Gasteiger partial charge on any atom is 0.344 e. The van der Waals surface area contributed by atoms with Gasteiger partial charge in [-0.2, -0.15) is 0 Å². The quantitative estimate of drug-likeness (QED) is 0.644. The topological polar surface area (TPSA) is 61.6 Å². The summed E-state index contributed by atoms with van der Waals surface area (Å²) in [6.45, 7) is -0.262. The molecule has 0 aliphatic heterocycles. The largest absolute Gasteiger partial charge is 0.482 e. The summed E-state index contributed by atoms with van der Waals surface area (Å²) in [6, 6.07) is 10.9. The molecule has 0 amide bonds. The number of ether oxygens (including phenoxy) is 2. The molecule has 3 aromatic rings. The van der Waals surface area contributed by atoms with Crippen LogP contribution in [-0.2, 0) is 16.1 Å². The average molecular weight is 333 g/mol. The minimum absolute atomic E-state index is 0.000483. The number of carbonyl (C=O) groups is 1. The molecule has 0 atom stereocenters. The predicted octanol–water partition coefficient (Wildman–Crippen LogP) is 3.66. The van der Waals surface area contributed by atoms with Crippen molar-refractivity contribution in [2.75, 3.05) is 6.61 Å². The van der Waals surface area contributed by atoms with Crippen molar-refractivity contribution in [3.63, 3.8) is 0 Å². The van der Waals surface area contributed by atoms with Gasteiger partial charge in [0.15, 0.2) is 12.4 Å². The van der Waals surface area contributed by atoms with Gasteiger partial charge in [0, 0.05) is 6.07 Å². The number of hydrogen-bond donors (Lipinski definition) is 0. The van der Waals surface area contributed by atoms with Crippen molar-refractivity contribution >= 4 is 17.3 Å². The average Bonchev–Trinajstić information content (AvgIpc) is 3.23. The van der Waals surface area contributed by atoms with Gasteiger partial charge < -0.3 is 14.0 Å². The maximum absolute atomic E-state index is 12.7. The van der Waals surface area contributed by atoms with E-state index in [1.807, 2.05) is 17.5 Å². The van der Waals surface area contributed by atoms with Crippen LogP contribution in [0.4, 0.5) is 4.39 Å². The van der Waals surface area contributed by atoms with E-state index < -0.39 is 5.97 Å². The van der Waals surface area contributed by atoms with Gasteiger partial charge in [0.2, 0.25) is 0 Å². The Morgan fingerprint density at radius 3 is 2.83 bits per heavy atom. The van der Waals surface area contributed by atoms with E-state index in [1.165, 1.54) is 35.6 Å². The summed E-state index contributed by atoms with van der Waals surface area (Å²) < 4.78 is 28.2. The fraction of sp³-hybridized carbons (Fsp3) is 0.125. The van der Waals surface area contributed by atoms with Crippen LogP contribution >= 0.6 is 11.3 Å². The summed E-state index contributed by atoms with van der Waals surface area (Å²) >= 11 is 1.53. The second-order valence-corrected chi connectivity index (χ2v) is 5.51. The van der Waals surface area contributed by atoms with E-state index in [0.717, 1.165) is 4.88 Å². The Morgan fingerprint density at radius 2 is 2.09 bits per heavy atom. The molecule has 0 fully saturated rings. The number of aromatic nitrogens is 1.